The summed E-state index contributed by atoms with van der Waals surface area (Å²) in [6.45, 7) is 2.22. The molecule has 0 N–H and O–H groups in total. The van der Waals surface area contributed by atoms with Gasteiger partial charge in [-0.1, -0.05) is 78.9 Å². The van der Waals surface area contributed by atoms with E-state index < -0.39 is 0 Å². The van der Waals surface area contributed by atoms with E-state index in [1.54, 1.807) is 0 Å². The van der Waals surface area contributed by atoms with Crippen LogP contribution in [0.5, 0.6) is 0 Å². The average molecular weight is 571 g/mol. The molecule has 0 spiro atoms. The summed E-state index contributed by atoms with van der Waals surface area (Å²) in [5.41, 5.74) is 4.13. The van der Waals surface area contributed by atoms with Crippen LogP contribution in [0.15, 0.2) is 148 Å². The van der Waals surface area contributed by atoms with Crippen molar-refractivity contribution < 1.29 is 21.2 Å². The minimum Gasteiger partial charge on any atom is -0.0619 e. The van der Waals surface area contributed by atoms with Gasteiger partial charge in [0.25, 0.3) is 0 Å². The van der Waals surface area contributed by atoms with E-state index in [0.717, 1.165) is 6.42 Å². The zero-order valence-electron chi connectivity index (χ0n) is 19.2. The van der Waals surface area contributed by atoms with Gasteiger partial charge in [0.1, 0.15) is 0 Å². The maximum Gasteiger partial charge on any atom is 0.358 e. The normalized spacial score (nSPS) is 11.0. The summed E-state index contributed by atoms with van der Waals surface area (Å²) >= 11 is -0.122. The maximum atomic E-state index is 2.33. The van der Waals surface area contributed by atoms with Gasteiger partial charge >= 0.3 is 21.2 Å². The van der Waals surface area contributed by atoms with Crippen LogP contribution in [-0.2, 0) is 17.3 Å². The van der Waals surface area contributed by atoms with Crippen LogP contribution in [-0.4, -0.2) is 0 Å². The smallest absolute Gasteiger partial charge is 0.0619 e. The Kier molecular flexibility index (Phi) is 7.47. The molecule has 34 heavy (non-hydrogen) atoms. The number of benzene rings is 5. The number of halogens is 1. The predicted molar refractivity (Wildman–Crippen MR) is 139 cm³/mol. The number of hydrogen-bond donors (Lipinski definition) is 0. The molecule has 0 saturated heterocycles. The zero-order chi connectivity index (χ0) is 23.2. The second-order valence-corrected chi connectivity index (χ2v) is 13.2. The lowest BCUT2D eigenvalue weighted by molar-refractivity contribution is -0.598. The molecule has 0 aliphatic heterocycles. The van der Waals surface area contributed by atoms with Gasteiger partial charge in [0.2, 0.25) is 0 Å². The van der Waals surface area contributed by atoms with E-state index >= 15 is 0 Å². The van der Waals surface area contributed by atoms with E-state index in [2.05, 4.69) is 140 Å². The molecule has 0 radical (unpaired) electrons. The Morgan fingerprint density at radius 3 is 1.53 bits per heavy atom. The molecule has 0 saturated carbocycles. The molecule has 0 amide bonds. The third kappa shape index (κ3) is 5.63. The molecule has 0 aliphatic carbocycles. The number of hydrogen-bond acceptors (Lipinski definition) is 0. The van der Waals surface area contributed by atoms with Gasteiger partial charge in [-0.25, -0.2) is 0 Å². The summed E-state index contributed by atoms with van der Waals surface area (Å²) < 4.78 is 2.99. The highest BCUT2D eigenvalue weighted by Gasteiger charge is 2.28. The molecular formula is C32H27IS+2. The van der Waals surface area contributed by atoms with E-state index in [1.807, 2.05) is 0 Å². The van der Waals surface area contributed by atoms with Crippen LogP contribution in [0.3, 0.4) is 0 Å². The van der Waals surface area contributed by atoms with Crippen LogP contribution < -0.4 is 21.2 Å². The lowest BCUT2D eigenvalue weighted by atomic mass is 10.1. The van der Waals surface area contributed by atoms with Crippen molar-refractivity contribution >= 4 is 10.9 Å². The Balaban J connectivity index is 1.32. The highest BCUT2D eigenvalue weighted by molar-refractivity contribution is 7.97. The molecule has 5 rings (SSSR count). The van der Waals surface area contributed by atoms with Gasteiger partial charge in [-0.15, -0.1) is 0 Å². The Morgan fingerprint density at radius 2 is 0.971 bits per heavy atom. The van der Waals surface area contributed by atoms with E-state index in [-0.39, 0.29) is 32.1 Å². The highest BCUT2D eigenvalue weighted by atomic mass is 127. The largest absolute Gasteiger partial charge is 0.358 e. The van der Waals surface area contributed by atoms with Crippen LogP contribution in [0.25, 0.3) is 0 Å². The summed E-state index contributed by atoms with van der Waals surface area (Å²) in [7, 11) is -0.0904. The first kappa shape index (κ1) is 22.9. The van der Waals surface area contributed by atoms with Crippen molar-refractivity contribution in [3.05, 3.63) is 157 Å². The van der Waals surface area contributed by atoms with Crippen LogP contribution >= 0.6 is 0 Å². The zero-order valence-corrected chi connectivity index (χ0v) is 22.2. The van der Waals surface area contributed by atoms with Gasteiger partial charge < -0.3 is 0 Å². The van der Waals surface area contributed by atoms with Crippen molar-refractivity contribution in [2.45, 2.75) is 28.0 Å². The first-order valence-corrected chi connectivity index (χ1v) is 14.9. The summed E-state index contributed by atoms with van der Waals surface area (Å²) in [6.07, 6.45) is 0.966. The molecule has 5 aromatic rings. The van der Waals surface area contributed by atoms with E-state index in [1.165, 1.54) is 38.5 Å². The van der Waals surface area contributed by atoms with Gasteiger partial charge in [-0.05, 0) is 79.1 Å². The van der Waals surface area contributed by atoms with Crippen LogP contribution in [0.4, 0.5) is 0 Å². The summed E-state index contributed by atoms with van der Waals surface area (Å²) in [5, 5.41) is 0. The van der Waals surface area contributed by atoms with Crippen LogP contribution in [0, 0.1) is 14.1 Å². The summed E-state index contributed by atoms with van der Waals surface area (Å²) in [6, 6.07) is 49.0. The molecule has 0 nitrogen and oxygen atoms in total. The second-order valence-electron chi connectivity index (χ2n) is 8.22. The molecule has 5 aromatic carbocycles. The van der Waals surface area contributed by atoms with E-state index in [4.69, 9.17) is 0 Å². The SMILES string of the molecule is Cc1ccccc1[I+]c1ccc(Cc2ccc([S+](c3ccccc3)c3ccccc3)cc2)cc1. The summed E-state index contributed by atoms with van der Waals surface area (Å²) in [5.74, 6) is 0. The first-order valence-electron chi connectivity index (χ1n) is 11.5. The van der Waals surface area contributed by atoms with Crippen molar-refractivity contribution in [3.63, 3.8) is 0 Å². The fraction of sp³-hybridized carbons (Fsp3) is 0.0625. The second kappa shape index (κ2) is 11.1. The van der Waals surface area contributed by atoms with Crippen molar-refractivity contribution in [2.24, 2.45) is 0 Å². The Bertz CT molecular complexity index is 1290. The van der Waals surface area contributed by atoms with Crippen LogP contribution in [0.1, 0.15) is 16.7 Å². The van der Waals surface area contributed by atoms with E-state index in [9.17, 15) is 0 Å². The maximum absolute atomic E-state index is 2.33. The molecule has 0 aromatic heterocycles. The van der Waals surface area contributed by atoms with Gasteiger partial charge in [0.05, 0.1) is 10.9 Å². The number of aryl methyl sites for hydroxylation is 1. The highest BCUT2D eigenvalue weighted by Crippen LogP contribution is 2.31. The Hall–Kier alpha value is -2.82. The molecule has 2 heteroatoms. The van der Waals surface area contributed by atoms with Gasteiger partial charge in [0, 0.05) is 5.56 Å². The minimum absolute atomic E-state index is 0.0904. The van der Waals surface area contributed by atoms with Crippen molar-refractivity contribution in [1.29, 1.82) is 0 Å². The fourth-order valence-corrected chi connectivity index (χ4v) is 8.41. The topological polar surface area (TPSA) is 0 Å². The average Bonchev–Trinajstić information content (AvgIpc) is 2.89. The third-order valence-electron chi connectivity index (χ3n) is 5.73. The lowest BCUT2D eigenvalue weighted by Crippen LogP contribution is -3.61. The lowest BCUT2D eigenvalue weighted by Gasteiger charge is -2.09. The molecule has 166 valence electrons. The standard InChI is InChI=1S/C32H27IS/c1-25-10-8-9-15-32(25)33-28-20-16-26(17-21-28)24-27-18-22-31(23-19-27)34(29-11-4-2-5-12-29)30-13-6-3-7-14-30/h2-23H,24H2,1H3/q+2. The third-order valence-corrected chi connectivity index (χ3v) is 11.1. The monoisotopic (exact) mass is 570 g/mol. The predicted octanol–water partition coefficient (Wildman–Crippen LogP) is 4.81. The van der Waals surface area contributed by atoms with Crippen molar-refractivity contribution in [2.75, 3.05) is 0 Å². The van der Waals surface area contributed by atoms with Gasteiger partial charge in [-0.2, -0.15) is 0 Å². The minimum atomic E-state index is -0.122. The fourth-order valence-electron chi connectivity index (χ4n) is 3.94. The Morgan fingerprint density at radius 1 is 0.500 bits per heavy atom. The Labute approximate surface area is 216 Å². The van der Waals surface area contributed by atoms with Gasteiger partial charge in [-0.3, -0.25) is 0 Å². The summed E-state index contributed by atoms with van der Waals surface area (Å²) in [4.78, 5) is 4.07. The van der Waals surface area contributed by atoms with Gasteiger partial charge in [0.15, 0.2) is 21.8 Å². The first-order chi connectivity index (χ1) is 16.8. The molecule has 0 bridgehead atoms. The molecule has 0 aliphatic rings. The molecule has 0 atom stereocenters. The molecule has 0 fully saturated rings. The molecular weight excluding hydrogens is 543 g/mol. The molecule has 0 unspecified atom stereocenters. The number of rotatable bonds is 7. The van der Waals surface area contributed by atoms with Crippen molar-refractivity contribution in [3.8, 4) is 0 Å². The van der Waals surface area contributed by atoms with E-state index in [0.29, 0.717) is 0 Å². The molecule has 0 heterocycles. The quantitative estimate of drug-likeness (QED) is 0.195. The van der Waals surface area contributed by atoms with Crippen molar-refractivity contribution in [1.82, 2.24) is 0 Å². The van der Waals surface area contributed by atoms with Crippen LogP contribution in [0.2, 0.25) is 0 Å².